The van der Waals surface area contributed by atoms with Gasteiger partial charge in [-0.25, -0.2) is 4.79 Å². The Morgan fingerprint density at radius 1 is 1.21 bits per heavy atom. The van der Waals surface area contributed by atoms with Crippen LogP contribution in [0.4, 0.5) is 13.2 Å². The van der Waals surface area contributed by atoms with Gasteiger partial charge in [0.15, 0.2) is 0 Å². The fourth-order valence-electron chi connectivity index (χ4n) is 1.53. The summed E-state index contributed by atoms with van der Waals surface area (Å²) in [5.41, 5.74) is 0.537. The van der Waals surface area contributed by atoms with Crippen LogP contribution in [-0.2, 0) is 11.2 Å². The van der Waals surface area contributed by atoms with Crippen LogP contribution in [0, 0.1) is 0 Å². The number of carbonyl (C=O) groups is 2. The zero-order valence-electron chi connectivity index (χ0n) is 9.83. The molecule has 0 aromatic heterocycles. The van der Waals surface area contributed by atoms with Crippen LogP contribution in [0.1, 0.15) is 22.3 Å². The number of carboxylic acids is 1. The lowest BCUT2D eigenvalue weighted by Gasteiger charge is -2.09. The fraction of sp³-hybridized carbons (Fsp3) is 0.333. The highest BCUT2D eigenvalue weighted by Gasteiger charge is 2.30. The Bertz CT molecular complexity index is 472. The standard InChI is InChI=1S/C12H12F3NO3/c13-12(14,15)7-10(17)16-6-5-8-3-1-2-4-9(8)11(18)19/h1-4H,5-7H2,(H,16,17)(H,18,19). The third-order valence-electron chi connectivity index (χ3n) is 2.33. The van der Waals surface area contributed by atoms with Crippen molar-refractivity contribution in [2.75, 3.05) is 6.54 Å². The molecule has 2 N–H and O–H groups in total. The molecule has 0 atom stereocenters. The second-order valence-electron chi connectivity index (χ2n) is 3.85. The summed E-state index contributed by atoms with van der Waals surface area (Å²) in [5, 5.41) is 11.0. The summed E-state index contributed by atoms with van der Waals surface area (Å²) in [7, 11) is 0. The van der Waals surface area contributed by atoms with Crippen LogP contribution in [0.2, 0.25) is 0 Å². The van der Waals surface area contributed by atoms with E-state index in [0.717, 1.165) is 0 Å². The first kappa shape index (κ1) is 15.0. The molecule has 0 saturated heterocycles. The van der Waals surface area contributed by atoms with E-state index in [1.807, 2.05) is 0 Å². The zero-order valence-corrected chi connectivity index (χ0v) is 9.83. The maximum absolute atomic E-state index is 11.9. The summed E-state index contributed by atoms with van der Waals surface area (Å²) in [4.78, 5) is 21.8. The monoisotopic (exact) mass is 275 g/mol. The van der Waals surface area contributed by atoms with Crippen molar-refractivity contribution in [3.05, 3.63) is 35.4 Å². The van der Waals surface area contributed by atoms with Crippen LogP contribution in [0.5, 0.6) is 0 Å². The van der Waals surface area contributed by atoms with Crippen molar-refractivity contribution in [3.63, 3.8) is 0 Å². The molecule has 0 aliphatic carbocycles. The molecule has 1 rings (SSSR count). The van der Waals surface area contributed by atoms with Crippen molar-refractivity contribution in [2.45, 2.75) is 19.0 Å². The molecule has 0 radical (unpaired) electrons. The number of nitrogens with one attached hydrogen (secondary N) is 1. The van der Waals surface area contributed by atoms with Gasteiger partial charge in [0.1, 0.15) is 6.42 Å². The summed E-state index contributed by atoms with van der Waals surface area (Å²) in [6.07, 6.45) is -5.91. The molecule has 0 unspecified atom stereocenters. The molecule has 1 amide bonds. The topological polar surface area (TPSA) is 66.4 Å². The van der Waals surface area contributed by atoms with Gasteiger partial charge in [0, 0.05) is 6.54 Å². The first-order chi connectivity index (χ1) is 8.79. The average molecular weight is 275 g/mol. The number of hydrogen-bond donors (Lipinski definition) is 2. The van der Waals surface area contributed by atoms with Crippen molar-refractivity contribution < 1.29 is 27.9 Å². The SMILES string of the molecule is O=C(CC(F)(F)F)NCCc1ccccc1C(=O)O. The predicted octanol–water partition coefficient (Wildman–Crippen LogP) is 2.00. The van der Waals surface area contributed by atoms with Crippen LogP contribution in [-0.4, -0.2) is 29.7 Å². The first-order valence-corrected chi connectivity index (χ1v) is 5.44. The minimum atomic E-state index is -4.54. The van der Waals surface area contributed by atoms with Crippen molar-refractivity contribution in [1.82, 2.24) is 5.32 Å². The Morgan fingerprint density at radius 2 is 1.84 bits per heavy atom. The molecule has 0 fully saturated rings. The van der Waals surface area contributed by atoms with E-state index in [1.54, 1.807) is 18.2 Å². The molecular weight excluding hydrogens is 263 g/mol. The summed E-state index contributed by atoms with van der Waals surface area (Å²) in [6, 6.07) is 6.13. The lowest BCUT2D eigenvalue weighted by atomic mass is 10.0. The van der Waals surface area contributed by atoms with Gasteiger partial charge in [-0.3, -0.25) is 4.79 Å². The fourth-order valence-corrected chi connectivity index (χ4v) is 1.53. The largest absolute Gasteiger partial charge is 0.478 e. The smallest absolute Gasteiger partial charge is 0.397 e. The van der Waals surface area contributed by atoms with Crippen molar-refractivity contribution >= 4 is 11.9 Å². The highest BCUT2D eigenvalue weighted by Crippen LogP contribution is 2.18. The van der Waals surface area contributed by atoms with Crippen LogP contribution < -0.4 is 5.32 Å². The Labute approximate surface area is 107 Å². The van der Waals surface area contributed by atoms with Gasteiger partial charge in [0.05, 0.1) is 5.56 Å². The van der Waals surface area contributed by atoms with E-state index in [4.69, 9.17) is 5.11 Å². The summed E-state index contributed by atoms with van der Waals surface area (Å²) >= 11 is 0. The number of halogens is 3. The summed E-state index contributed by atoms with van der Waals surface area (Å²) in [6.45, 7) is -0.0425. The quantitative estimate of drug-likeness (QED) is 0.863. The van der Waals surface area contributed by atoms with Crippen LogP contribution in [0.15, 0.2) is 24.3 Å². The van der Waals surface area contributed by atoms with Crippen molar-refractivity contribution in [1.29, 1.82) is 0 Å². The van der Waals surface area contributed by atoms with E-state index in [0.29, 0.717) is 5.56 Å². The number of carboxylic acid groups (broad SMARTS) is 1. The highest BCUT2D eigenvalue weighted by atomic mass is 19.4. The lowest BCUT2D eigenvalue weighted by Crippen LogP contribution is -2.30. The first-order valence-electron chi connectivity index (χ1n) is 5.44. The molecule has 19 heavy (non-hydrogen) atoms. The zero-order chi connectivity index (χ0) is 14.5. The van der Waals surface area contributed by atoms with E-state index in [2.05, 4.69) is 5.32 Å². The normalized spacial score (nSPS) is 11.1. The maximum Gasteiger partial charge on any atom is 0.397 e. The minimum Gasteiger partial charge on any atom is -0.478 e. The molecule has 7 heteroatoms. The Kier molecular flexibility index (Phi) is 4.91. The number of benzene rings is 1. The molecule has 0 bridgehead atoms. The van der Waals surface area contributed by atoms with Crippen molar-refractivity contribution in [2.24, 2.45) is 0 Å². The number of amides is 1. The second kappa shape index (κ2) is 6.21. The number of alkyl halides is 3. The van der Waals surface area contributed by atoms with Crippen LogP contribution >= 0.6 is 0 Å². The third-order valence-corrected chi connectivity index (χ3v) is 2.33. The van der Waals surface area contributed by atoms with Gasteiger partial charge in [-0.05, 0) is 18.1 Å². The summed E-state index contributed by atoms with van der Waals surface area (Å²) < 4.78 is 35.7. The van der Waals surface area contributed by atoms with Crippen LogP contribution in [0.3, 0.4) is 0 Å². The summed E-state index contributed by atoms with van der Waals surface area (Å²) in [5.74, 6) is -2.24. The van der Waals surface area contributed by atoms with Gasteiger partial charge in [0.25, 0.3) is 0 Å². The van der Waals surface area contributed by atoms with Crippen LogP contribution in [0.25, 0.3) is 0 Å². The van der Waals surface area contributed by atoms with Gasteiger partial charge in [-0.2, -0.15) is 13.2 Å². The highest BCUT2D eigenvalue weighted by molar-refractivity contribution is 5.89. The molecular formula is C12H12F3NO3. The Hall–Kier alpha value is -2.05. The van der Waals surface area contributed by atoms with Gasteiger partial charge in [-0.1, -0.05) is 18.2 Å². The van der Waals surface area contributed by atoms with E-state index < -0.39 is 24.5 Å². The van der Waals surface area contributed by atoms with Gasteiger partial charge in [-0.15, -0.1) is 0 Å². The van der Waals surface area contributed by atoms with Crippen molar-refractivity contribution in [3.8, 4) is 0 Å². The van der Waals surface area contributed by atoms with Gasteiger partial charge in [0.2, 0.25) is 5.91 Å². The molecule has 0 saturated carbocycles. The maximum atomic E-state index is 11.9. The number of aromatic carboxylic acids is 1. The van der Waals surface area contributed by atoms with E-state index in [-0.39, 0.29) is 18.5 Å². The predicted molar refractivity (Wildman–Crippen MR) is 60.8 cm³/mol. The molecule has 104 valence electrons. The van der Waals surface area contributed by atoms with Gasteiger partial charge >= 0.3 is 12.1 Å². The molecule has 1 aromatic carbocycles. The average Bonchev–Trinajstić information content (AvgIpc) is 2.27. The second-order valence-corrected chi connectivity index (χ2v) is 3.85. The van der Waals surface area contributed by atoms with E-state index >= 15 is 0 Å². The molecule has 4 nitrogen and oxygen atoms in total. The molecule has 0 spiro atoms. The molecule has 0 aliphatic heterocycles. The Morgan fingerprint density at radius 3 is 2.42 bits per heavy atom. The lowest BCUT2D eigenvalue weighted by molar-refractivity contribution is -0.153. The number of hydrogen-bond acceptors (Lipinski definition) is 2. The van der Waals surface area contributed by atoms with Gasteiger partial charge < -0.3 is 10.4 Å². The van der Waals surface area contributed by atoms with E-state index in [1.165, 1.54) is 6.07 Å². The van der Waals surface area contributed by atoms with E-state index in [9.17, 15) is 22.8 Å². The Balaban J connectivity index is 2.50. The molecule has 0 heterocycles. The third kappa shape index (κ3) is 5.41. The number of rotatable bonds is 5. The minimum absolute atomic E-state index is 0.0425. The number of carbonyl (C=O) groups excluding carboxylic acids is 1. The molecule has 0 aliphatic rings. The molecule has 1 aromatic rings.